The average molecular weight is 353 g/mol. The summed E-state index contributed by atoms with van der Waals surface area (Å²) in [5.41, 5.74) is 0. The summed E-state index contributed by atoms with van der Waals surface area (Å²) in [4.78, 5) is 16.5. The van der Waals surface area contributed by atoms with Crippen molar-refractivity contribution in [3.63, 3.8) is 0 Å². The van der Waals surface area contributed by atoms with Crippen molar-refractivity contribution in [2.24, 2.45) is 0 Å². The standard InChI is InChI=1S/C2H6O2.2NO3.Ni.6H2O/c3-1-2-4;2*2-1(3)4;;;;;;;/h3-4H,1-2H2;;;;6*1H2/q;2*-1;+2;;;;;;. The molecule has 14 N–H and O–H groups in total. The summed E-state index contributed by atoms with van der Waals surface area (Å²) in [6.45, 7) is -0.250. The SMILES string of the molecule is O.O.O.O.O.O.O=[N+]([O-])[O-].O=[N+]([O-])[O-].OCCO.[Ni+2]. The van der Waals surface area contributed by atoms with Crippen molar-refractivity contribution in [1.82, 2.24) is 0 Å². The van der Waals surface area contributed by atoms with Crippen molar-refractivity contribution in [3.8, 4) is 0 Å². The number of hydrogen-bond acceptors (Lipinski definition) is 8. The van der Waals surface area contributed by atoms with Crippen LogP contribution in [-0.4, -0.2) is 66.5 Å². The second-order valence-electron chi connectivity index (χ2n) is 0.894. The first-order chi connectivity index (χ1) is 5.38. The molecule has 0 aliphatic heterocycles. The van der Waals surface area contributed by atoms with Crippen LogP contribution in [0.3, 0.4) is 0 Å². The molecule has 0 amide bonds. The van der Waals surface area contributed by atoms with Crippen LogP contribution in [0.1, 0.15) is 0 Å². The maximum Gasteiger partial charge on any atom is 2.00 e. The molecule has 0 fully saturated rings. The fourth-order valence-corrected chi connectivity index (χ4v) is 0. The molecule has 16 nitrogen and oxygen atoms in total. The van der Waals surface area contributed by atoms with E-state index in [1.807, 2.05) is 0 Å². The van der Waals surface area contributed by atoms with Crippen molar-refractivity contribution < 1.29 is 69.7 Å². The summed E-state index contributed by atoms with van der Waals surface area (Å²) < 4.78 is 0. The van der Waals surface area contributed by atoms with Gasteiger partial charge in [0.05, 0.1) is 23.4 Å². The van der Waals surface area contributed by atoms with Gasteiger partial charge in [0, 0.05) is 0 Å². The van der Waals surface area contributed by atoms with Gasteiger partial charge >= 0.3 is 16.5 Å². The van der Waals surface area contributed by atoms with E-state index in [1.54, 1.807) is 0 Å². The van der Waals surface area contributed by atoms with Crippen molar-refractivity contribution >= 4 is 0 Å². The normalized spacial score (nSPS) is 4.11. The topological polar surface area (TPSA) is 362 Å². The molecule has 0 atom stereocenters. The molecule has 0 heterocycles. The molecule has 0 spiro atoms. The molecule has 0 bridgehead atoms. The summed E-state index contributed by atoms with van der Waals surface area (Å²) >= 11 is 0. The van der Waals surface area contributed by atoms with Gasteiger partial charge in [0.2, 0.25) is 0 Å². The Hall–Kier alpha value is -1.43. The molecular weight excluding hydrogens is 335 g/mol. The van der Waals surface area contributed by atoms with E-state index in [0.717, 1.165) is 0 Å². The second kappa shape index (κ2) is 93.0. The van der Waals surface area contributed by atoms with Crippen LogP contribution < -0.4 is 0 Å². The van der Waals surface area contributed by atoms with Crippen molar-refractivity contribution in [3.05, 3.63) is 30.6 Å². The minimum absolute atomic E-state index is 0. The number of aliphatic hydroxyl groups excluding tert-OH is 2. The first-order valence-corrected chi connectivity index (χ1v) is 2.23. The summed E-state index contributed by atoms with van der Waals surface area (Å²) in [5.74, 6) is 0. The molecule has 0 aromatic heterocycles. The summed E-state index contributed by atoms with van der Waals surface area (Å²) in [6, 6.07) is 0. The second-order valence-corrected chi connectivity index (χ2v) is 0.894. The zero-order chi connectivity index (χ0) is 10.6. The molecule has 19 heavy (non-hydrogen) atoms. The van der Waals surface area contributed by atoms with Crippen LogP contribution >= 0.6 is 0 Å². The summed E-state index contributed by atoms with van der Waals surface area (Å²) in [6.07, 6.45) is 0. The third kappa shape index (κ3) is 19400. The number of hydrogen-bond donors (Lipinski definition) is 2. The number of nitrogens with zero attached hydrogens (tertiary/aromatic N) is 2. The van der Waals surface area contributed by atoms with E-state index in [0.29, 0.717) is 0 Å². The van der Waals surface area contributed by atoms with Crippen LogP contribution in [0.15, 0.2) is 0 Å². The number of aliphatic hydroxyl groups is 2. The van der Waals surface area contributed by atoms with Crippen molar-refractivity contribution in [2.45, 2.75) is 0 Å². The Morgan fingerprint density at radius 2 is 0.684 bits per heavy atom. The van der Waals surface area contributed by atoms with E-state index in [2.05, 4.69) is 0 Å². The van der Waals surface area contributed by atoms with Gasteiger partial charge in [-0.2, -0.15) is 0 Å². The molecule has 0 rings (SSSR count). The van der Waals surface area contributed by atoms with Gasteiger partial charge in [-0.15, -0.1) is 0 Å². The summed E-state index contributed by atoms with van der Waals surface area (Å²) in [5, 5.41) is 44.8. The van der Waals surface area contributed by atoms with E-state index in [-0.39, 0.29) is 62.6 Å². The van der Waals surface area contributed by atoms with Gasteiger partial charge in [0.15, 0.2) is 0 Å². The largest absolute Gasteiger partial charge is 2.00 e. The minimum Gasteiger partial charge on any atom is -0.412 e. The Morgan fingerprint density at radius 3 is 0.684 bits per heavy atom. The van der Waals surface area contributed by atoms with Crippen molar-refractivity contribution in [2.75, 3.05) is 13.2 Å². The van der Waals surface area contributed by atoms with Gasteiger partial charge in [-0.1, -0.05) is 0 Å². The van der Waals surface area contributed by atoms with E-state index >= 15 is 0 Å². The summed E-state index contributed by atoms with van der Waals surface area (Å²) in [7, 11) is 0. The van der Waals surface area contributed by atoms with E-state index in [1.165, 1.54) is 0 Å². The van der Waals surface area contributed by atoms with Crippen molar-refractivity contribution in [1.29, 1.82) is 0 Å². The molecule has 0 aliphatic carbocycles. The molecule has 0 saturated carbocycles. The average Bonchev–Trinajstić information content (AvgIpc) is 1.85. The van der Waals surface area contributed by atoms with Gasteiger partial charge < -0.3 is 73.7 Å². The Labute approximate surface area is 114 Å². The molecule has 0 unspecified atom stereocenters. The molecule has 17 heteroatoms. The first-order valence-electron chi connectivity index (χ1n) is 2.23. The minimum atomic E-state index is -1.75. The van der Waals surface area contributed by atoms with Crippen LogP contribution in [-0.2, 0) is 16.5 Å². The van der Waals surface area contributed by atoms with E-state index in [9.17, 15) is 0 Å². The fourth-order valence-electron chi connectivity index (χ4n) is 0. The zero-order valence-corrected chi connectivity index (χ0v) is 9.96. The van der Waals surface area contributed by atoms with Gasteiger partial charge in [-0.3, -0.25) is 0 Å². The first kappa shape index (κ1) is 84.2. The predicted octanol–water partition coefficient (Wildman–Crippen LogP) is -6.46. The Bertz CT molecular complexity index is 100. The molecule has 0 aromatic carbocycles. The molecular formula is C2H18N2NiO14. The van der Waals surface area contributed by atoms with Crippen LogP contribution in [0.2, 0.25) is 0 Å². The van der Waals surface area contributed by atoms with Gasteiger partial charge in [0.1, 0.15) is 0 Å². The Morgan fingerprint density at radius 1 is 0.632 bits per heavy atom. The molecule has 0 radical (unpaired) electrons. The Balaban J connectivity index is -0.00000000675. The zero-order valence-electron chi connectivity index (χ0n) is 8.97. The predicted molar refractivity (Wildman–Crippen MR) is 56.6 cm³/mol. The fraction of sp³-hybridized carbons (Fsp3) is 1.00. The van der Waals surface area contributed by atoms with Crippen LogP contribution in [0.4, 0.5) is 0 Å². The van der Waals surface area contributed by atoms with Crippen LogP contribution in [0.25, 0.3) is 0 Å². The van der Waals surface area contributed by atoms with Gasteiger partial charge in [-0.25, -0.2) is 0 Å². The monoisotopic (exact) mass is 352 g/mol. The van der Waals surface area contributed by atoms with Gasteiger partial charge in [0.25, 0.3) is 0 Å². The molecule has 130 valence electrons. The maximum atomic E-state index is 8.25. The number of rotatable bonds is 1. The quantitative estimate of drug-likeness (QED) is 0.258. The van der Waals surface area contributed by atoms with E-state index < -0.39 is 10.2 Å². The maximum absolute atomic E-state index is 8.25. The molecule has 0 aliphatic rings. The molecule has 0 saturated heterocycles. The third-order valence-corrected chi connectivity index (χ3v) is 0.1000. The van der Waals surface area contributed by atoms with Gasteiger partial charge in [-0.05, 0) is 0 Å². The van der Waals surface area contributed by atoms with Crippen LogP contribution in [0, 0.1) is 30.6 Å². The van der Waals surface area contributed by atoms with Crippen LogP contribution in [0.5, 0.6) is 0 Å². The smallest absolute Gasteiger partial charge is 0.412 e. The Kier molecular flexibility index (Phi) is 412. The third-order valence-electron chi connectivity index (χ3n) is 0.1000. The van der Waals surface area contributed by atoms with E-state index in [4.69, 9.17) is 40.9 Å². The molecule has 0 aromatic rings.